The molecule has 4 aromatic rings. The van der Waals surface area contributed by atoms with Crippen LogP contribution in [0.4, 0.5) is 0 Å². The van der Waals surface area contributed by atoms with Gasteiger partial charge in [-0.2, -0.15) is 0 Å². The van der Waals surface area contributed by atoms with Crippen molar-refractivity contribution in [3.8, 4) is 0 Å². The Hall–Kier alpha value is -1.20. The molecule has 2 heterocycles. The highest BCUT2D eigenvalue weighted by Gasteiger charge is 2.07. The second-order valence-electron chi connectivity index (χ2n) is 5.65. The highest BCUT2D eigenvalue weighted by Crippen LogP contribution is 2.28. The van der Waals surface area contributed by atoms with Gasteiger partial charge in [-0.15, -0.1) is 22.7 Å². The lowest BCUT2D eigenvalue weighted by Crippen LogP contribution is -1.88. The van der Waals surface area contributed by atoms with Crippen molar-refractivity contribution < 1.29 is 0 Å². The minimum absolute atomic E-state index is 0.772. The summed E-state index contributed by atoms with van der Waals surface area (Å²) in [6.45, 7) is 0. The molecule has 2 nitrogen and oxygen atoms in total. The number of aryl methyl sites for hydroxylation is 2. The third kappa shape index (κ3) is 3.57. The van der Waals surface area contributed by atoms with Gasteiger partial charge >= 0.3 is 0 Å². The largest absolute Gasteiger partial charge is 0.241 e. The summed E-state index contributed by atoms with van der Waals surface area (Å²) in [5, 5.41) is 3.91. The molecule has 0 saturated heterocycles. The van der Waals surface area contributed by atoms with E-state index < -0.39 is 0 Å². The summed E-state index contributed by atoms with van der Waals surface area (Å²) in [6.07, 6.45) is 4.25. The van der Waals surface area contributed by atoms with Crippen LogP contribution in [0.5, 0.6) is 0 Å². The number of benzene rings is 2. The first-order valence-electron chi connectivity index (χ1n) is 7.77. The first kappa shape index (κ1) is 16.3. The van der Waals surface area contributed by atoms with Gasteiger partial charge in [0.25, 0.3) is 0 Å². The molecule has 0 aliphatic heterocycles. The maximum absolute atomic E-state index is 6.03. The molecule has 0 spiro atoms. The van der Waals surface area contributed by atoms with Gasteiger partial charge in [0.05, 0.1) is 30.4 Å². The molecule has 24 heavy (non-hydrogen) atoms. The Morgan fingerprint density at radius 1 is 0.708 bits per heavy atom. The quantitative estimate of drug-likeness (QED) is 0.349. The Morgan fingerprint density at radius 3 is 1.62 bits per heavy atom. The van der Waals surface area contributed by atoms with Crippen LogP contribution in [-0.2, 0) is 12.8 Å². The minimum atomic E-state index is 0.772. The van der Waals surface area contributed by atoms with Gasteiger partial charge in [0, 0.05) is 10.0 Å². The van der Waals surface area contributed by atoms with Gasteiger partial charge in [0.15, 0.2) is 0 Å². The van der Waals surface area contributed by atoms with E-state index >= 15 is 0 Å². The van der Waals surface area contributed by atoms with Gasteiger partial charge in [-0.3, -0.25) is 0 Å². The molecule has 6 heteroatoms. The monoisotopic (exact) mass is 392 g/mol. The molecule has 122 valence electrons. The van der Waals surface area contributed by atoms with Crippen LogP contribution in [0, 0.1) is 0 Å². The van der Waals surface area contributed by atoms with E-state index in [1.165, 1.54) is 19.4 Å². The minimum Gasteiger partial charge on any atom is -0.241 e. The Morgan fingerprint density at radius 2 is 1.17 bits per heavy atom. The fraction of sp³-hybridized carbons (Fsp3) is 0.222. The third-order valence-electron chi connectivity index (χ3n) is 3.82. The van der Waals surface area contributed by atoms with Crippen LogP contribution in [0.3, 0.4) is 0 Å². The maximum Gasteiger partial charge on any atom is 0.0938 e. The standard InChI is InChI=1S/C18H14Cl2N2S2/c19-11-5-7-13-15(9-11)23-17(21-13)3-1-2-4-18-22-14-8-6-12(20)10-16(14)24-18/h5-10H,1-4H2. The van der Waals surface area contributed by atoms with Crippen molar-refractivity contribution >= 4 is 66.3 Å². The summed E-state index contributed by atoms with van der Waals surface area (Å²) in [6, 6.07) is 11.8. The molecule has 0 radical (unpaired) electrons. The van der Waals surface area contributed by atoms with Gasteiger partial charge in [0.1, 0.15) is 0 Å². The summed E-state index contributed by atoms with van der Waals surface area (Å²) in [7, 11) is 0. The Bertz CT molecular complexity index is 925. The number of fused-ring (bicyclic) bond motifs is 2. The first-order valence-corrected chi connectivity index (χ1v) is 10.2. The van der Waals surface area contributed by atoms with Crippen molar-refractivity contribution in [3.05, 3.63) is 56.5 Å². The van der Waals surface area contributed by atoms with Crippen molar-refractivity contribution in [1.29, 1.82) is 0 Å². The molecule has 0 N–H and O–H groups in total. The second kappa shape index (κ2) is 6.96. The predicted octanol–water partition coefficient (Wildman–Crippen LogP) is 6.78. The lowest BCUT2D eigenvalue weighted by Gasteiger charge is -1.96. The number of hydrogen-bond donors (Lipinski definition) is 0. The van der Waals surface area contributed by atoms with Gasteiger partial charge in [-0.25, -0.2) is 9.97 Å². The zero-order chi connectivity index (χ0) is 16.5. The van der Waals surface area contributed by atoms with E-state index in [2.05, 4.69) is 9.97 Å². The van der Waals surface area contributed by atoms with Crippen molar-refractivity contribution in [3.63, 3.8) is 0 Å². The average molecular weight is 393 g/mol. The molecule has 4 rings (SSSR count). The van der Waals surface area contributed by atoms with E-state index in [0.29, 0.717) is 0 Å². The molecular weight excluding hydrogens is 379 g/mol. The van der Waals surface area contributed by atoms with Gasteiger partial charge in [-0.1, -0.05) is 23.2 Å². The van der Waals surface area contributed by atoms with E-state index in [-0.39, 0.29) is 0 Å². The van der Waals surface area contributed by atoms with E-state index in [4.69, 9.17) is 23.2 Å². The Kier molecular flexibility index (Phi) is 4.72. The molecule has 2 aromatic heterocycles. The number of hydrogen-bond acceptors (Lipinski definition) is 4. The van der Waals surface area contributed by atoms with Crippen molar-refractivity contribution in [2.24, 2.45) is 0 Å². The van der Waals surface area contributed by atoms with Gasteiger partial charge in [0.2, 0.25) is 0 Å². The third-order valence-corrected chi connectivity index (χ3v) is 6.45. The average Bonchev–Trinajstić information content (AvgIpc) is 3.13. The van der Waals surface area contributed by atoms with Gasteiger partial charge in [-0.05, 0) is 62.1 Å². The molecule has 2 aromatic carbocycles. The molecule has 0 unspecified atom stereocenters. The second-order valence-corrected chi connectivity index (χ2v) is 8.75. The molecular formula is C18H14Cl2N2S2. The SMILES string of the molecule is Clc1ccc2nc(CCCCc3nc4ccc(Cl)cc4s3)sc2c1. The van der Waals surface area contributed by atoms with Crippen molar-refractivity contribution in [1.82, 2.24) is 9.97 Å². The Labute approximate surface area is 158 Å². The number of rotatable bonds is 5. The summed E-state index contributed by atoms with van der Waals surface area (Å²) in [4.78, 5) is 9.35. The van der Waals surface area contributed by atoms with Crippen LogP contribution in [-0.4, -0.2) is 9.97 Å². The smallest absolute Gasteiger partial charge is 0.0938 e. The predicted molar refractivity (Wildman–Crippen MR) is 106 cm³/mol. The summed E-state index contributed by atoms with van der Waals surface area (Å²) in [5.74, 6) is 0. The lowest BCUT2D eigenvalue weighted by atomic mass is 10.2. The number of nitrogens with zero attached hydrogens (tertiary/aromatic N) is 2. The number of thiazole rings is 2. The van der Waals surface area contributed by atoms with Crippen molar-refractivity contribution in [2.75, 3.05) is 0 Å². The molecule has 0 atom stereocenters. The molecule has 0 fully saturated rings. The molecule has 0 saturated carbocycles. The van der Waals surface area contributed by atoms with E-state index in [1.54, 1.807) is 22.7 Å². The van der Waals surface area contributed by atoms with Crippen LogP contribution in [0.15, 0.2) is 36.4 Å². The number of unbranched alkanes of at least 4 members (excludes halogenated alkanes) is 1. The van der Waals surface area contributed by atoms with Crippen LogP contribution in [0.2, 0.25) is 10.0 Å². The topological polar surface area (TPSA) is 25.8 Å². The number of aromatic nitrogens is 2. The normalized spacial score (nSPS) is 11.6. The zero-order valence-electron chi connectivity index (χ0n) is 12.8. The van der Waals surface area contributed by atoms with Crippen molar-refractivity contribution in [2.45, 2.75) is 25.7 Å². The van der Waals surface area contributed by atoms with Crippen LogP contribution in [0.25, 0.3) is 20.4 Å². The fourth-order valence-corrected chi connectivity index (χ4v) is 5.23. The van der Waals surface area contributed by atoms with E-state index in [9.17, 15) is 0 Å². The highest BCUT2D eigenvalue weighted by atomic mass is 35.5. The summed E-state index contributed by atoms with van der Waals surface area (Å²) in [5.41, 5.74) is 2.09. The van der Waals surface area contributed by atoms with Crippen LogP contribution >= 0.6 is 45.9 Å². The molecule has 0 bridgehead atoms. The fourth-order valence-electron chi connectivity index (χ4n) is 2.66. The maximum atomic E-state index is 6.03. The summed E-state index contributed by atoms with van der Waals surface area (Å²) >= 11 is 15.5. The summed E-state index contributed by atoms with van der Waals surface area (Å²) < 4.78 is 2.33. The van der Waals surface area contributed by atoms with Gasteiger partial charge < -0.3 is 0 Å². The van der Waals surface area contributed by atoms with E-state index in [0.717, 1.165) is 46.8 Å². The zero-order valence-corrected chi connectivity index (χ0v) is 15.9. The van der Waals surface area contributed by atoms with Crippen LogP contribution in [0.1, 0.15) is 22.9 Å². The molecule has 0 aliphatic carbocycles. The number of halogens is 2. The lowest BCUT2D eigenvalue weighted by molar-refractivity contribution is 0.730. The molecule has 0 aliphatic rings. The Balaban J connectivity index is 1.36. The van der Waals surface area contributed by atoms with E-state index in [1.807, 2.05) is 36.4 Å². The highest BCUT2D eigenvalue weighted by molar-refractivity contribution is 7.18. The molecule has 0 amide bonds. The first-order chi connectivity index (χ1) is 11.7. The van der Waals surface area contributed by atoms with Crippen LogP contribution < -0.4 is 0 Å².